The average Bonchev–Trinajstić information content (AvgIpc) is 2.35. The molecule has 1 fully saturated rings. The van der Waals surface area contributed by atoms with E-state index in [4.69, 9.17) is 18.0 Å². The lowest BCUT2D eigenvalue weighted by Crippen LogP contribution is -2.39. The summed E-state index contributed by atoms with van der Waals surface area (Å²) in [5.74, 6) is 0.577. The quantitative estimate of drug-likeness (QED) is 0.752. The molecule has 0 amide bonds. The Morgan fingerprint density at radius 3 is 2.69 bits per heavy atom. The molecule has 1 atom stereocenters. The number of nitrogens with zero attached hydrogens (tertiary/aromatic N) is 1. The van der Waals surface area contributed by atoms with Crippen LogP contribution in [0, 0.1) is 0 Å². The summed E-state index contributed by atoms with van der Waals surface area (Å²) in [7, 11) is -2.83. The van der Waals surface area contributed by atoms with Crippen LogP contribution in [0.15, 0.2) is 0 Å². The van der Waals surface area contributed by atoms with Crippen molar-refractivity contribution in [3.63, 3.8) is 0 Å². The van der Waals surface area contributed by atoms with Crippen LogP contribution in [0.3, 0.4) is 0 Å². The molecule has 0 saturated carbocycles. The van der Waals surface area contributed by atoms with Crippen LogP contribution in [0.2, 0.25) is 0 Å². The molecule has 1 rings (SSSR count). The number of hydrogen-bond acceptors (Lipinski definition) is 4. The summed E-state index contributed by atoms with van der Waals surface area (Å²) in [6.45, 7) is 3.53. The Morgan fingerprint density at radius 1 is 1.44 bits per heavy atom. The van der Waals surface area contributed by atoms with Gasteiger partial charge in [0.2, 0.25) is 0 Å². The van der Waals surface area contributed by atoms with E-state index in [0.717, 1.165) is 19.4 Å². The van der Waals surface area contributed by atoms with Gasteiger partial charge in [0, 0.05) is 19.0 Å². The summed E-state index contributed by atoms with van der Waals surface area (Å²) in [5, 5.41) is 0. The van der Waals surface area contributed by atoms with Gasteiger partial charge in [0.15, 0.2) is 9.84 Å². The van der Waals surface area contributed by atoms with Crippen molar-refractivity contribution in [3.05, 3.63) is 0 Å². The predicted molar refractivity (Wildman–Crippen MR) is 70.3 cm³/mol. The number of hydrogen-bond donors (Lipinski definition) is 1. The monoisotopic (exact) mass is 264 g/mol. The van der Waals surface area contributed by atoms with Gasteiger partial charge < -0.3 is 5.73 Å². The maximum absolute atomic E-state index is 11.5. The number of thiocarbonyl (C=S) groups is 1. The lowest BCUT2D eigenvalue weighted by molar-refractivity contribution is 0.210. The molecule has 0 aliphatic carbocycles. The summed E-state index contributed by atoms with van der Waals surface area (Å²) in [6.07, 6.45) is 2.36. The van der Waals surface area contributed by atoms with Gasteiger partial charge in [-0.1, -0.05) is 19.1 Å². The lowest BCUT2D eigenvalue weighted by Gasteiger charge is -2.29. The molecule has 0 aromatic heterocycles. The molecule has 94 valence electrons. The van der Waals surface area contributed by atoms with E-state index in [1.54, 1.807) is 0 Å². The molecule has 1 aliphatic heterocycles. The zero-order valence-electron chi connectivity index (χ0n) is 9.68. The molecule has 0 aromatic rings. The van der Waals surface area contributed by atoms with Gasteiger partial charge in [0.25, 0.3) is 0 Å². The van der Waals surface area contributed by atoms with E-state index in [9.17, 15) is 8.42 Å². The minimum Gasteiger partial charge on any atom is -0.393 e. The lowest BCUT2D eigenvalue weighted by atomic mass is 10.1. The van der Waals surface area contributed by atoms with Gasteiger partial charge in [-0.15, -0.1) is 0 Å². The van der Waals surface area contributed by atoms with E-state index in [0.29, 0.717) is 29.7 Å². The average molecular weight is 264 g/mol. The van der Waals surface area contributed by atoms with Gasteiger partial charge in [-0.25, -0.2) is 8.42 Å². The fourth-order valence-electron chi connectivity index (χ4n) is 2.09. The van der Waals surface area contributed by atoms with E-state index in [1.807, 2.05) is 0 Å². The highest BCUT2D eigenvalue weighted by molar-refractivity contribution is 7.91. The fraction of sp³-hybridized carbons (Fsp3) is 0.900. The standard InChI is InChI=1S/C10H20N2O2S2/c1-2-9(8-10(11)15)12-4-3-6-16(13,14)7-5-12/h9H,2-8H2,1H3,(H2,11,15). The zero-order chi connectivity index (χ0) is 12.2. The van der Waals surface area contributed by atoms with Gasteiger partial charge in [-0.2, -0.15) is 0 Å². The molecular formula is C10H20N2O2S2. The van der Waals surface area contributed by atoms with E-state index in [2.05, 4.69) is 11.8 Å². The van der Waals surface area contributed by atoms with E-state index >= 15 is 0 Å². The van der Waals surface area contributed by atoms with Crippen LogP contribution in [-0.4, -0.2) is 48.9 Å². The first kappa shape index (κ1) is 13.9. The van der Waals surface area contributed by atoms with E-state index in [1.165, 1.54) is 0 Å². The normalized spacial score (nSPS) is 23.6. The van der Waals surface area contributed by atoms with Crippen LogP contribution in [-0.2, 0) is 9.84 Å². The third-order valence-electron chi connectivity index (χ3n) is 3.01. The maximum Gasteiger partial charge on any atom is 0.151 e. The topological polar surface area (TPSA) is 63.4 Å². The van der Waals surface area contributed by atoms with Gasteiger partial charge in [0.1, 0.15) is 0 Å². The zero-order valence-corrected chi connectivity index (χ0v) is 11.3. The first-order valence-corrected chi connectivity index (χ1v) is 7.90. The smallest absolute Gasteiger partial charge is 0.151 e. The van der Waals surface area contributed by atoms with Crippen molar-refractivity contribution in [1.82, 2.24) is 4.90 Å². The predicted octanol–water partition coefficient (Wildman–Crippen LogP) is 0.562. The Labute approximate surface area is 103 Å². The molecule has 0 aromatic carbocycles. The van der Waals surface area contributed by atoms with Crippen LogP contribution < -0.4 is 5.73 Å². The van der Waals surface area contributed by atoms with Crippen LogP contribution in [0.1, 0.15) is 26.2 Å². The third kappa shape index (κ3) is 4.35. The first-order valence-electron chi connectivity index (χ1n) is 5.67. The van der Waals surface area contributed by atoms with Gasteiger partial charge in [-0.3, -0.25) is 4.90 Å². The van der Waals surface area contributed by atoms with E-state index in [-0.39, 0.29) is 5.75 Å². The molecule has 0 bridgehead atoms. The van der Waals surface area contributed by atoms with Gasteiger partial charge in [0.05, 0.1) is 16.5 Å². The first-order chi connectivity index (χ1) is 7.44. The minimum absolute atomic E-state index is 0.265. The second kappa shape index (κ2) is 5.93. The Morgan fingerprint density at radius 2 is 2.12 bits per heavy atom. The Hall–Kier alpha value is -0.200. The largest absolute Gasteiger partial charge is 0.393 e. The minimum atomic E-state index is -2.83. The van der Waals surface area contributed by atoms with Crippen molar-refractivity contribution >= 4 is 27.0 Å². The van der Waals surface area contributed by atoms with Crippen molar-refractivity contribution in [2.24, 2.45) is 5.73 Å². The second-order valence-corrected chi connectivity index (χ2v) is 7.10. The molecular weight excluding hydrogens is 244 g/mol. The van der Waals surface area contributed by atoms with Crippen molar-refractivity contribution in [2.75, 3.05) is 24.6 Å². The third-order valence-corrected chi connectivity index (χ3v) is 4.90. The van der Waals surface area contributed by atoms with Gasteiger partial charge in [-0.05, 0) is 19.4 Å². The Kier molecular flexibility index (Phi) is 5.14. The highest BCUT2D eigenvalue weighted by Gasteiger charge is 2.23. The summed E-state index contributed by atoms with van der Waals surface area (Å²) in [5.41, 5.74) is 5.55. The van der Waals surface area contributed by atoms with Crippen molar-refractivity contribution in [1.29, 1.82) is 0 Å². The van der Waals surface area contributed by atoms with Crippen LogP contribution in [0.25, 0.3) is 0 Å². The van der Waals surface area contributed by atoms with Gasteiger partial charge >= 0.3 is 0 Å². The van der Waals surface area contributed by atoms with Crippen LogP contribution >= 0.6 is 12.2 Å². The SMILES string of the molecule is CCC(CC(N)=S)N1CCCS(=O)(=O)CC1. The highest BCUT2D eigenvalue weighted by atomic mass is 32.2. The molecule has 4 nitrogen and oxygen atoms in total. The molecule has 6 heteroatoms. The van der Waals surface area contributed by atoms with Crippen LogP contribution in [0.4, 0.5) is 0 Å². The van der Waals surface area contributed by atoms with Crippen LogP contribution in [0.5, 0.6) is 0 Å². The highest BCUT2D eigenvalue weighted by Crippen LogP contribution is 2.13. The molecule has 0 spiro atoms. The molecule has 1 saturated heterocycles. The van der Waals surface area contributed by atoms with Crippen molar-refractivity contribution in [3.8, 4) is 0 Å². The molecule has 1 unspecified atom stereocenters. The molecule has 1 aliphatic rings. The summed E-state index contributed by atoms with van der Waals surface area (Å²) < 4.78 is 22.9. The van der Waals surface area contributed by atoms with Crippen molar-refractivity contribution in [2.45, 2.75) is 32.2 Å². The number of sulfone groups is 1. The Balaban J connectivity index is 2.61. The summed E-state index contributed by atoms with van der Waals surface area (Å²) >= 11 is 4.92. The number of rotatable bonds is 4. The summed E-state index contributed by atoms with van der Waals surface area (Å²) in [4.78, 5) is 2.72. The Bertz CT molecular complexity index is 341. The molecule has 1 heterocycles. The molecule has 16 heavy (non-hydrogen) atoms. The van der Waals surface area contributed by atoms with E-state index < -0.39 is 9.84 Å². The number of nitrogens with two attached hydrogens (primary N) is 1. The summed E-state index contributed by atoms with van der Waals surface area (Å²) in [6, 6.07) is 0.297. The van der Waals surface area contributed by atoms with Crippen molar-refractivity contribution < 1.29 is 8.42 Å². The molecule has 0 radical (unpaired) electrons. The second-order valence-electron chi connectivity index (χ2n) is 4.27. The molecule has 2 N–H and O–H groups in total. The fourth-order valence-corrected chi connectivity index (χ4v) is 3.56. The maximum atomic E-state index is 11.5.